The molecule has 0 bridgehead atoms. The van der Waals surface area contributed by atoms with E-state index in [4.69, 9.17) is 4.74 Å². The summed E-state index contributed by atoms with van der Waals surface area (Å²) < 4.78 is 4.97. The fourth-order valence-electron chi connectivity index (χ4n) is 2.60. The van der Waals surface area contributed by atoms with Crippen molar-refractivity contribution in [3.05, 3.63) is 53.2 Å². The van der Waals surface area contributed by atoms with Gasteiger partial charge in [0.25, 0.3) is 0 Å². The number of para-hydroxylation sites is 1. The first-order chi connectivity index (χ1) is 13.9. The number of nitriles is 1. The molecule has 29 heavy (non-hydrogen) atoms. The van der Waals surface area contributed by atoms with Gasteiger partial charge in [0.2, 0.25) is 5.91 Å². The van der Waals surface area contributed by atoms with Crippen molar-refractivity contribution in [2.45, 2.75) is 25.8 Å². The average Bonchev–Trinajstić information content (AvgIpc) is 2.70. The molecule has 1 heterocycles. The summed E-state index contributed by atoms with van der Waals surface area (Å²) in [6.07, 6.45) is 0. The highest BCUT2D eigenvalue weighted by molar-refractivity contribution is 8.00. The van der Waals surface area contributed by atoms with Crippen LogP contribution >= 0.6 is 11.8 Å². The molecule has 0 aliphatic carbocycles. The van der Waals surface area contributed by atoms with Crippen molar-refractivity contribution in [3.63, 3.8) is 0 Å². The molecule has 1 aromatic heterocycles. The number of thioether (sulfide) groups is 1. The second-order valence-electron chi connectivity index (χ2n) is 6.05. The Bertz CT molecular complexity index is 954. The van der Waals surface area contributed by atoms with Crippen LogP contribution in [-0.2, 0) is 14.3 Å². The SMILES string of the molecule is CCOC(=O)CN(C(=O)CSc1nc(C)c(C(C)=O)cc1C#N)c1ccccc1. The first kappa shape index (κ1) is 22.1. The van der Waals surface area contributed by atoms with Crippen LogP contribution in [0.1, 0.15) is 35.5 Å². The van der Waals surface area contributed by atoms with Gasteiger partial charge in [0.15, 0.2) is 5.78 Å². The maximum atomic E-state index is 12.8. The molecule has 0 fully saturated rings. The van der Waals surface area contributed by atoms with E-state index < -0.39 is 5.97 Å². The standard InChI is InChI=1S/C21H21N3O4S/c1-4-28-20(27)12-24(17-8-6-5-7-9-17)19(26)13-29-21-16(11-22)10-18(15(3)25)14(2)23-21/h5-10H,4,12-13H2,1-3H3. The van der Waals surface area contributed by atoms with Crippen LogP contribution in [0.3, 0.4) is 0 Å². The van der Waals surface area contributed by atoms with E-state index in [-0.39, 0.29) is 36.2 Å². The van der Waals surface area contributed by atoms with Gasteiger partial charge in [0.05, 0.1) is 17.9 Å². The molecule has 7 nitrogen and oxygen atoms in total. The molecule has 0 aliphatic heterocycles. The van der Waals surface area contributed by atoms with Crippen LogP contribution in [0, 0.1) is 18.3 Å². The monoisotopic (exact) mass is 411 g/mol. The number of anilines is 1. The lowest BCUT2D eigenvalue weighted by molar-refractivity contribution is -0.142. The van der Waals surface area contributed by atoms with Gasteiger partial charge < -0.3 is 9.64 Å². The van der Waals surface area contributed by atoms with Gasteiger partial charge in [0, 0.05) is 16.9 Å². The number of ketones is 1. The van der Waals surface area contributed by atoms with E-state index in [0.717, 1.165) is 11.8 Å². The third kappa shape index (κ3) is 5.90. The van der Waals surface area contributed by atoms with Gasteiger partial charge in [-0.3, -0.25) is 14.4 Å². The Kier molecular flexibility index (Phi) is 7.92. The first-order valence-corrected chi connectivity index (χ1v) is 9.92. The van der Waals surface area contributed by atoms with E-state index in [2.05, 4.69) is 4.98 Å². The van der Waals surface area contributed by atoms with Crippen LogP contribution < -0.4 is 4.90 Å². The predicted octanol–water partition coefficient (Wildman–Crippen LogP) is 3.15. The number of carbonyl (C=O) groups is 3. The Morgan fingerprint density at radius 3 is 2.52 bits per heavy atom. The number of rotatable bonds is 8. The number of aryl methyl sites for hydroxylation is 1. The molecular weight excluding hydrogens is 390 g/mol. The average molecular weight is 411 g/mol. The van der Waals surface area contributed by atoms with E-state index in [0.29, 0.717) is 22.0 Å². The van der Waals surface area contributed by atoms with Crippen LogP contribution in [0.2, 0.25) is 0 Å². The number of amides is 1. The molecule has 0 saturated carbocycles. The lowest BCUT2D eigenvalue weighted by Crippen LogP contribution is -2.37. The lowest BCUT2D eigenvalue weighted by Gasteiger charge is -2.21. The number of benzene rings is 1. The molecule has 0 spiro atoms. The zero-order chi connectivity index (χ0) is 21.4. The summed E-state index contributed by atoms with van der Waals surface area (Å²) in [4.78, 5) is 42.1. The minimum Gasteiger partial charge on any atom is -0.465 e. The molecule has 0 radical (unpaired) electrons. The molecular formula is C21H21N3O4S. The van der Waals surface area contributed by atoms with Crippen molar-refractivity contribution >= 4 is 35.1 Å². The highest BCUT2D eigenvalue weighted by atomic mass is 32.2. The third-order valence-electron chi connectivity index (χ3n) is 3.97. The molecule has 2 rings (SSSR count). The molecule has 0 saturated heterocycles. The van der Waals surface area contributed by atoms with E-state index >= 15 is 0 Å². The highest BCUT2D eigenvalue weighted by Crippen LogP contribution is 2.24. The van der Waals surface area contributed by atoms with Crippen molar-refractivity contribution < 1.29 is 19.1 Å². The van der Waals surface area contributed by atoms with Gasteiger partial charge in [-0.05, 0) is 39.0 Å². The second-order valence-corrected chi connectivity index (χ2v) is 7.02. The molecule has 0 N–H and O–H groups in total. The minimum absolute atomic E-state index is 0.0329. The number of hydrogen-bond donors (Lipinski definition) is 0. The molecule has 2 aromatic rings. The zero-order valence-electron chi connectivity index (χ0n) is 16.5. The second kappa shape index (κ2) is 10.4. The molecule has 1 aromatic carbocycles. The summed E-state index contributed by atoms with van der Waals surface area (Å²) in [5.41, 5.74) is 1.68. The Morgan fingerprint density at radius 1 is 1.24 bits per heavy atom. The molecule has 0 unspecified atom stereocenters. The fraction of sp³-hybridized carbons (Fsp3) is 0.286. The molecule has 150 valence electrons. The number of esters is 1. The number of aromatic nitrogens is 1. The van der Waals surface area contributed by atoms with E-state index in [1.165, 1.54) is 17.9 Å². The number of nitrogens with zero attached hydrogens (tertiary/aromatic N) is 3. The smallest absolute Gasteiger partial charge is 0.326 e. The Labute approximate surface area is 173 Å². The van der Waals surface area contributed by atoms with Crippen LogP contribution in [0.15, 0.2) is 41.4 Å². The van der Waals surface area contributed by atoms with E-state index in [1.807, 2.05) is 12.1 Å². The Morgan fingerprint density at radius 2 is 1.93 bits per heavy atom. The van der Waals surface area contributed by atoms with Crippen molar-refractivity contribution in [1.29, 1.82) is 5.26 Å². The van der Waals surface area contributed by atoms with Crippen LogP contribution in [-0.4, -0.2) is 41.5 Å². The lowest BCUT2D eigenvalue weighted by atomic mass is 10.1. The van der Waals surface area contributed by atoms with Crippen molar-refractivity contribution in [2.24, 2.45) is 0 Å². The summed E-state index contributed by atoms with van der Waals surface area (Å²) >= 11 is 1.09. The number of pyridine rings is 1. The van der Waals surface area contributed by atoms with Gasteiger partial charge in [-0.1, -0.05) is 30.0 Å². The third-order valence-corrected chi connectivity index (χ3v) is 4.95. The maximum absolute atomic E-state index is 12.8. The highest BCUT2D eigenvalue weighted by Gasteiger charge is 2.21. The normalized spacial score (nSPS) is 10.1. The van der Waals surface area contributed by atoms with E-state index in [9.17, 15) is 19.6 Å². The summed E-state index contributed by atoms with van der Waals surface area (Å²) in [6.45, 7) is 4.81. The van der Waals surface area contributed by atoms with Gasteiger partial charge >= 0.3 is 5.97 Å². The summed E-state index contributed by atoms with van der Waals surface area (Å²) in [7, 11) is 0. The van der Waals surface area contributed by atoms with E-state index in [1.54, 1.807) is 38.1 Å². The minimum atomic E-state index is -0.507. The number of carbonyl (C=O) groups excluding carboxylic acids is 3. The van der Waals surface area contributed by atoms with Gasteiger partial charge in [-0.25, -0.2) is 4.98 Å². The summed E-state index contributed by atoms with van der Waals surface area (Å²) in [5, 5.41) is 9.74. The number of ether oxygens (including phenoxy) is 1. The summed E-state index contributed by atoms with van der Waals surface area (Å²) in [6, 6.07) is 12.3. The molecule has 1 amide bonds. The van der Waals surface area contributed by atoms with Crippen molar-refractivity contribution in [1.82, 2.24) is 4.98 Å². The molecule has 0 aliphatic rings. The maximum Gasteiger partial charge on any atom is 0.326 e. The quantitative estimate of drug-likeness (QED) is 0.374. The van der Waals surface area contributed by atoms with Crippen LogP contribution in [0.5, 0.6) is 0 Å². The first-order valence-electron chi connectivity index (χ1n) is 8.93. The van der Waals surface area contributed by atoms with Crippen molar-refractivity contribution in [3.8, 4) is 6.07 Å². The largest absolute Gasteiger partial charge is 0.465 e. The van der Waals surface area contributed by atoms with Gasteiger partial charge in [-0.15, -0.1) is 0 Å². The van der Waals surface area contributed by atoms with Gasteiger partial charge in [0.1, 0.15) is 17.6 Å². The predicted molar refractivity (Wildman–Crippen MR) is 110 cm³/mol. The van der Waals surface area contributed by atoms with Gasteiger partial charge in [-0.2, -0.15) is 5.26 Å². The fourth-order valence-corrected chi connectivity index (χ4v) is 3.48. The topological polar surface area (TPSA) is 100 Å². The zero-order valence-corrected chi connectivity index (χ0v) is 17.3. The Hall–Kier alpha value is -3.18. The summed E-state index contributed by atoms with van der Waals surface area (Å²) in [5.74, 6) is -1.04. The van der Waals surface area contributed by atoms with Crippen LogP contribution in [0.4, 0.5) is 5.69 Å². The van der Waals surface area contributed by atoms with Crippen LogP contribution in [0.25, 0.3) is 0 Å². The molecule has 8 heteroatoms. The number of hydrogen-bond acceptors (Lipinski definition) is 7. The molecule has 0 atom stereocenters. The number of Topliss-reactive ketones (excluding diaryl/α,β-unsaturated/α-hetero) is 1. The van der Waals surface area contributed by atoms with Crippen molar-refractivity contribution in [2.75, 3.05) is 23.8 Å². The Balaban J connectivity index is 2.22.